The molecule has 1 N–H and O–H groups in total. The van der Waals surface area contributed by atoms with Gasteiger partial charge >= 0.3 is 0 Å². The Bertz CT molecular complexity index is 228. The molecule has 1 aliphatic rings. The molecule has 0 aromatic carbocycles. The fraction of sp³-hybridized carbons (Fsp3) is 0.846. The van der Waals surface area contributed by atoms with Gasteiger partial charge in [-0.1, -0.05) is 38.5 Å². The smallest absolute Gasteiger partial charge is 0.223 e. The van der Waals surface area contributed by atoms with Crippen molar-refractivity contribution in [3.63, 3.8) is 0 Å². The van der Waals surface area contributed by atoms with Gasteiger partial charge in [0.2, 0.25) is 5.91 Å². The van der Waals surface area contributed by atoms with Gasteiger partial charge in [0, 0.05) is 5.92 Å². The van der Waals surface area contributed by atoms with Crippen LogP contribution in [-0.2, 0) is 9.59 Å². The van der Waals surface area contributed by atoms with E-state index in [1.807, 2.05) is 0 Å². The summed E-state index contributed by atoms with van der Waals surface area (Å²) < 4.78 is 0. The first-order valence-electron chi connectivity index (χ1n) is 6.47. The number of rotatable bonds is 3. The Morgan fingerprint density at radius 2 is 1.50 bits per heavy atom. The van der Waals surface area contributed by atoms with Gasteiger partial charge in [0.05, 0.1) is 6.54 Å². The zero-order valence-electron chi connectivity index (χ0n) is 10.3. The first-order valence-corrected chi connectivity index (χ1v) is 6.47. The maximum atomic E-state index is 11.8. The molecule has 1 aliphatic carbocycles. The average molecular weight is 225 g/mol. The lowest BCUT2D eigenvalue weighted by atomic mass is 9.96. The second-order valence-electron chi connectivity index (χ2n) is 4.82. The summed E-state index contributed by atoms with van der Waals surface area (Å²) >= 11 is 0. The summed E-state index contributed by atoms with van der Waals surface area (Å²) in [6.45, 7) is 1.69. The van der Waals surface area contributed by atoms with E-state index in [4.69, 9.17) is 0 Å². The van der Waals surface area contributed by atoms with Crippen LogP contribution in [0.5, 0.6) is 0 Å². The number of Topliss-reactive ketones (excluding diaryl/α,β-unsaturated/α-hetero) is 1. The molecule has 0 spiro atoms. The zero-order valence-corrected chi connectivity index (χ0v) is 10.3. The molecule has 0 bridgehead atoms. The van der Waals surface area contributed by atoms with Gasteiger partial charge in [-0.3, -0.25) is 9.59 Å². The molecule has 0 saturated heterocycles. The van der Waals surface area contributed by atoms with Crippen LogP contribution in [0.1, 0.15) is 58.3 Å². The average Bonchev–Trinajstić information content (AvgIpc) is 2.38. The summed E-state index contributed by atoms with van der Waals surface area (Å²) in [4.78, 5) is 22.6. The molecule has 1 fully saturated rings. The Balaban J connectivity index is 2.35. The topological polar surface area (TPSA) is 46.2 Å². The van der Waals surface area contributed by atoms with Crippen molar-refractivity contribution in [3.05, 3.63) is 0 Å². The van der Waals surface area contributed by atoms with Crippen molar-refractivity contribution in [2.24, 2.45) is 5.92 Å². The number of hydrogen-bond acceptors (Lipinski definition) is 2. The van der Waals surface area contributed by atoms with Gasteiger partial charge in [-0.05, 0) is 19.8 Å². The van der Waals surface area contributed by atoms with E-state index in [9.17, 15) is 9.59 Å². The molecule has 1 rings (SSSR count). The number of hydrogen-bond donors (Lipinski definition) is 1. The van der Waals surface area contributed by atoms with E-state index in [-0.39, 0.29) is 24.2 Å². The largest absolute Gasteiger partial charge is 0.349 e. The number of carbonyl (C=O) groups excluding carboxylic acids is 2. The monoisotopic (exact) mass is 225 g/mol. The van der Waals surface area contributed by atoms with Crippen LogP contribution in [0.2, 0.25) is 0 Å². The van der Waals surface area contributed by atoms with Gasteiger partial charge in [0.15, 0.2) is 0 Å². The fourth-order valence-electron chi connectivity index (χ4n) is 2.25. The highest BCUT2D eigenvalue weighted by Crippen LogP contribution is 2.21. The molecule has 0 radical (unpaired) electrons. The van der Waals surface area contributed by atoms with Crippen LogP contribution in [0.3, 0.4) is 0 Å². The Morgan fingerprint density at radius 1 is 1.00 bits per heavy atom. The van der Waals surface area contributed by atoms with Crippen molar-refractivity contribution >= 4 is 11.7 Å². The minimum atomic E-state index is 0.0245. The third-order valence-corrected chi connectivity index (χ3v) is 3.24. The molecule has 1 amide bonds. The van der Waals surface area contributed by atoms with Crippen molar-refractivity contribution < 1.29 is 9.59 Å². The number of carbonyl (C=O) groups is 2. The maximum absolute atomic E-state index is 11.8. The Morgan fingerprint density at radius 3 is 2.00 bits per heavy atom. The fourth-order valence-corrected chi connectivity index (χ4v) is 2.25. The quantitative estimate of drug-likeness (QED) is 0.802. The maximum Gasteiger partial charge on any atom is 0.223 e. The molecule has 0 aromatic rings. The highest BCUT2D eigenvalue weighted by atomic mass is 16.2. The molecule has 92 valence electrons. The molecule has 0 heterocycles. The molecule has 3 nitrogen and oxygen atoms in total. The molecule has 0 unspecified atom stereocenters. The Kier molecular flexibility index (Phi) is 6.12. The first kappa shape index (κ1) is 13.2. The SMILES string of the molecule is CC(=O)CNC(=O)C1CCCCCCCC1. The van der Waals surface area contributed by atoms with Crippen LogP contribution in [0, 0.1) is 5.92 Å². The Hall–Kier alpha value is -0.860. The normalized spacial score (nSPS) is 19.3. The van der Waals surface area contributed by atoms with E-state index < -0.39 is 0 Å². The van der Waals surface area contributed by atoms with Crippen LogP contribution in [0.25, 0.3) is 0 Å². The first-order chi connectivity index (χ1) is 7.70. The van der Waals surface area contributed by atoms with E-state index in [0.717, 1.165) is 25.7 Å². The van der Waals surface area contributed by atoms with Crippen molar-refractivity contribution in [3.8, 4) is 0 Å². The van der Waals surface area contributed by atoms with Gasteiger partial charge in [0.1, 0.15) is 5.78 Å². The summed E-state index contributed by atoms with van der Waals surface area (Å²) in [7, 11) is 0. The second kappa shape index (κ2) is 7.42. The summed E-state index contributed by atoms with van der Waals surface area (Å²) in [6, 6.07) is 0. The van der Waals surface area contributed by atoms with Crippen LogP contribution >= 0.6 is 0 Å². The highest BCUT2D eigenvalue weighted by Gasteiger charge is 2.18. The van der Waals surface area contributed by atoms with Crippen LogP contribution < -0.4 is 5.32 Å². The standard InChI is InChI=1S/C13H23NO2/c1-11(15)10-14-13(16)12-8-6-4-2-3-5-7-9-12/h12H,2-10H2,1H3,(H,14,16). The number of ketones is 1. The Labute approximate surface area is 98.0 Å². The minimum absolute atomic E-state index is 0.0245. The molecule has 0 atom stereocenters. The van der Waals surface area contributed by atoms with E-state index in [0.29, 0.717) is 0 Å². The minimum Gasteiger partial charge on any atom is -0.349 e. The molecule has 0 aliphatic heterocycles. The number of amides is 1. The molecular weight excluding hydrogens is 202 g/mol. The lowest BCUT2D eigenvalue weighted by Gasteiger charge is -2.14. The van der Waals surface area contributed by atoms with Gasteiger partial charge < -0.3 is 5.32 Å². The van der Waals surface area contributed by atoms with Crippen molar-refractivity contribution in [1.82, 2.24) is 5.32 Å². The third kappa shape index (κ3) is 5.29. The third-order valence-electron chi connectivity index (χ3n) is 3.24. The van der Waals surface area contributed by atoms with Crippen LogP contribution in [-0.4, -0.2) is 18.2 Å². The van der Waals surface area contributed by atoms with Gasteiger partial charge in [0.25, 0.3) is 0 Å². The lowest BCUT2D eigenvalue weighted by Crippen LogP contribution is -2.34. The van der Waals surface area contributed by atoms with Gasteiger partial charge in [-0.2, -0.15) is 0 Å². The molecule has 1 saturated carbocycles. The van der Waals surface area contributed by atoms with E-state index in [1.54, 1.807) is 0 Å². The highest BCUT2D eigenvalue weighted by molar-refractivity contribution is 5.85. The van der Waals surface area contributed by atoms with Gasteiger partial charge in [-0.15, -0.1) is 0 Å². The van der Waals surface area contributed by atoms with Gasteiger partial charge in [-0.25, -0.2) is 0 Å². The second-order valence-corrected chi connectivity index (χ2v) is 4.82. The van der Waals surface area contributed by atoms with Crippen molar-refractivity contribution in [2.75, 3.05) is 6.54 Å². The molecule has 3 heteroatoms. The zero-order chi connectivity index (χ0) is 11.8. The van der Waals surface area contributed by atoms with E-state index >= 15 is 0 Å². The predicted molar refractivity (Wildman–Crippen MR) is 64.1 cm³/mol. The van der Waals surface area contributed by atoms with Crippen molar-refractivity contribution in [2.45, 2.75) is 58.3 Å². The van der Waals surface area contributed by atoms with Crippen LogP contribution in [0.4, 0.5) is 0 Å². The molecule has 16 heavy (non-hydrogen) atoms. The summed E-state index contributed by atoms with van der Waals surface area (Å²) in [5.41, 5.74) is 0. The van der Waals surface area contributed by atoms with E-state index in [2.05, 4.69) is 5.32 Å². The molecular formula is C13H23NO2. The predicted octanol–water partition coefficient (Wildman–Crippen LogP) is 2.44. The number of nitrogens with one attached hydrogen (secondary N) is 1. The van der Waals surface area contributed by atoms with Crippen molar-refractivity contribution in [1.29, 1.82) is 0 Å². The summed E-state index contributed by atoms with van der Waals surface area (Å²) in [6.07, 6.45) is 9.39. The molecule has 0 aromatic heterocycles. The lowest BCUT2D eigenvalue weighted by molar-refractivity contribution is -0.127. The summed E-state index contributed by atoms with van der Waals surface area (Å²) in [5, 5.41) is 2.73. The van der Waals surface area contributed by atoms with Crippen LogP contribution in [0.15, 0.2) is 0 Å². The summed E-state index contributed by atoms with van der Waals surface area (Å²) in [5.74, 6) is 0.242. The van der Waals surface area contributed by atoms with E-state index in [1.165, 1.54) is 32.6 Å².